The summed E-state index contributed by atoms with van der Waals surface area (Å²) in [4.78, 5) is 41.0. The molecule has 0 radical (unpaired) electrons. The number of nitrogens with one attached hydrogen (secondary N) is 2. The number of nitrogens with two attached hydrogens (primary N) is 1. The lowest BCUT2D eigenvalue weighted by Gasteiger charge is -2.58. The van der Waals surface area contributed by atoms with Gasteiger partial charge in [0.1, 0.15) is 12.6 Å². The number of rotatable bonds is 34. The van der Waals surface area contributed by atoms with E-state index in [1.807, 2.05) is 0 Å². The molecule has 3 amide bonds. The van der Waals surface area contributed by atoms with Gasteiger partial charge in [0.25, 0.3) is 0 Å². The third-order valence-corrected chi connectivity index (χ3v) is 17.4. The van der Waals surface area contributed by atoms with Crippen LogP contribution in [0.1, 0.15) is 241 Å². The van der Waals surface area contributed by atoms with Gasteiger partial charge in [-0.25, -0.2) is 4.79 Å². The van der Waals surface area contributed by atoms with Crippen LogP contribution in [-0.2, 0) is 14.3 Å². The molecule has 0 aromatic heterocycles. The van der Waals surface area contributed by atoms with Gasteiger partial charge >= 0.3 is 6.09 Å². The summed E-state index contributed by atoms with van der Waals surface area (Å²) in [6, 6.07) is 0. The first-order chi connectivity index (χ1) is 31.9. The predicted octanol–water partition coefficient (Wildman–Crippen LogP) is 14.4. The van der Waals surface area contributed by atoms with Crippen LogP contribution in [-0.4, -0.2) is 61.6 Å². The normalized spacial score (nSPS) is 26.4. The molecule has 0 aliphatic heterocycles. The Bertz CT molecular complexity index is 1450. The molecule has 0 aromatic rings. The zero-order valence-electron chi connectivity index (χ0n) is 43.9. The number of hydrogen-bond donors (Lipinski definition) is 3. The molecule has 0 aromatic carbocycles. The summed E-state index contributed by atoms with van der Waals surface area (Å²) in [6.07, 6.45) is 42.7. The average molecular weight is 921 g/mol. The van der Waals surface area contributed by atoms with Crippen molar-refractivity contribution in [2.75, 3.05) is 32.7 Å². The molecule has 4 N–H and O–H groups in total. The summed E-state index contributed by atoms with van der Waals surface area (Å²) in [5, 5.41) is 6.11. The number of allylic oxidation sites excluding steroid dienone is 3. The second-order valence-electron chi connectivity index (χ2n) is 22.9. The summed E-state index contributed by atoms with van der Waals surface area (Å²) in [6.45, 7) is 17.2. The predicted molar refractivity (Wildman–Crippen MR) is 277 cm³/mol. The van der Waals surface area contributed by atoms with E-state index in [-0.39, 0.29) is 36.0 Å². The van der Waals surface area contributed by atoms with E-state index in [9.17, 15) is 14.4 Å². The summed E-state index contributed by atoms with van der Waals surface area (Å²) >= 11 is 0. The minimum atomic E-state index is -0.356. The van der Waals surface area contributed by atoms with Crippen molar-refractivity contribution >= 4 is 17.9 Å². The lowest BCUT2D eigenvalue weighted by Crippen LogP contribution is -2.51. The Morgan fingerprint density at radius 3 is 2.11 bits per heavy atom. The van der Waals surface area contributed by atoms with Gasteiger partial charge in [-0.05, 0) is 156 Å². The van der Waals surface area contributed by atoms with E-state index in [2.05, 4.69) is 70.4 Å². The average Bonchev–Trinajstić information content (AvgIpc) is 3.65. The van der Waals surface area contributed by atoms with Crippen molar-refractivity contribution in [3.8, 4) is 0 Å². The van der Waals surface area contributed by atoms with Crippen molar-refractivity contribution in [3.63, 3.8) is 0 Å². The van der Waals surface area contributed by atoms with Crippen LogP contribution in [0.4, 0.5) is 4.79 Å². The molecule has 4 aliphatic rings. The molecule has 3 saturated carbocycles. The van der Waals surface area contributed by atoms with E-state index in [1.54, 1.807) is 4.90 Å². The van der Waals surface area contributed by atoms with Crippen molar-refractivity contribution in [1.82, 2.24) is 15.5 Å². The van der Waals surface area contributed by atoms with Crippen molar-refractivity contribution in [2.45, 2.75) is 247 Å². The molecular formula is C58H104N4O4. The van der Waals surface area contributed by atoms with Crippen LogP contribution in [0.15, 0.2) is 23.8 Å². The van der Waals surface area contributed by atoms with Gasteiger partial charge in [0.05, 0.1) is 0 Å². The Hall–Kier alpha value is -2.35. The largest absolute Gasteiger partial charge is 0.446 e. The number of nitrogens with zero attached hydrogens (tertiary/aromatic N) is 1. The lowest BCUT2D eigenvalue weighted by molar-refractivity contribution is -0.122. The van der Waals surface area contributed by atoms with E-state index in [4.69, 9.17) is 10.5 Å². The lowest BCUT2D eigenvalue weighted by atomic mass is 9.47. The smallest absolute Gasteiger partial charge is 0.410 e. The van der Waals surface area contributed by atoms with Crippen LogP contribution >= 0.6 is 0 Å². The highest BCUT2D eigenvalue weighted by molar-refractivity contribution is 5.82. The standard InChI is InChI=1S/C58H104N4O4/c1-7-8-9-10-11-12-13-14-15-16-17-18-19-20-23-31-54(63)60-41-25-21-22-27-43-62(45-55(64)61-42-26-24-40-59)56(65)66-49-36-38-57(5)48(44-49)32-33-50-52-35-34-51(47(4)30-28-29-46(2)3)58(52,6)39-37-53(50)57/h14-15,32,46-47,49-53H,7-13,16-31,33-45,59H2,1-6H3,(H,60,63)(H,61,64)/b15-14-/t47-,49+,50+,51-,52+,53+,57+,58-/m1/s1. The van der Waals surface area contributed by atoms with Crippen LogP contribution in [0.2, 0.25) is 0 Å². The van der Waals surface area contributed by atoms with E-state index in [0.29, 0.717) is 38.0 Å². The highest BCUT2D eigenvalue weighted by Gasteiger charge is 2.59. The minimum absolute atomic E-state index is 0.0161. The maximum absolute atomic E-state index is 13.9. The van der Waals surface area contributed by atoms with E-state index >= 15 is 0 Å². The first kappa shape index (κ1) is 56.2. The third kappa shape index (κ3) is 18.5. The Morgan fingerprint density at radius 1 is 0.742 bits per heavy atom. The molecule has 380 valence electrons. The van der Waals surface area contributed by atoms with Crippen molar-refractivity contribution < 1.29 is 19.1 Å². The topological polar surface area (TPSA) is 114 Å². The second kappa shape index (κ2) is 31.0. The Balaban J connectivity index is 1.14. The number of hydrogen-bond acceptors (Lipinski definition) is 5. The van der Waals surface area contributed by atoms with Crippen LogP contribution in [0.5, 0.6) is 0 Å². The number of unbranched alkanes of at least 4 members (excludes halogenated alkanes) is 15. The molecule has 4 aliphatic carbocycles. The molecule has 3 fully saturated rings. The first-order valence-corrected chi connectivity index (χ1v) is 28.5. The van der Waals surface area contributed by atoms with Crippen molar-refractivity contribution in [3.05, 3.63) is 23.8 Å². The van der Waals surface area contributed by atoms with Crippen LogP contribution in [0.3, 0.4) is 0 Å². The molecule has 0 saturated heterocycles. The van der Waals surface area contributed by atoms with Gasteiger partial charge in [0.2, 0.25) is 11.8 Å². The summed E-state index contributed by atoms with van der Waals surface area (Å²) in [7, 11) is 0. The SMILES string of the molecule is CCCCCCCC/C=C\CCCCCCCC(=O)NCCCCCCN(CC(=O)NCCCCN)C(=O)O[C@H]1CC[C@@]2(C)C(=CC[C@H]3[C@@H]4CC[C@H]([C@H](C)CCCC(C)C)[C@@]4(C)CC[C@@H]32)C1. The fourth-order valence-corrected chi connectivity index (χ4v) is 13.4. The Labute approximate surface area is 406 Å². The number of carbonyl (C=O) groups excluding carboxylic acids is 3. The van der Waals surface area contributed by atoms with Gasteiger partial charge in [-0.1, -0.05) is 149 Å². The van der Waals surface area contributed by atoms with E-state index in [1.165, 1.54) is 128 Å². The summed E-state index contributed by atoms with van der Waals surface area (Å²) < 4.78 is 6.31. The van der Waals surface area contributed by atoms with Gasteiger partial charge < -0.3 is 21.1 Å². The first-order valence-electron chi connectivity index (χ1n) is 28.5. The fourth-order valence-electron chi connectivity index (χ4n) is 13.4. The quantitative estimate of drug-likeness (QED) is 0.0439. The van der Waals surface area contributed by atoms with E-state index < -0.39 is 0 Å². The maximum Gasteiger partial charge on any atom is 0.410 e. The van der Waals surface area contributed by atoms with Gasteiger partial charge in [0.15, 0.2) is 0 Å². The summed E-state index contributed by atoms with van der Waals surface area (Å²) in [5.74, 6) is 4.85. The number of fused-ring (bicyclic) bond motifs is 5. The molecule has 0 heterocycles. The number of ether oxygens (including phenoxy) is 1. The molecule has 0 spiro atoms. The van der Waals surface area contributed by atoms with Crippen LogP contribution in [0.25, 0.3) is 0 Å². The van der Waals surface area contributed by atoms with Crippen LogP contribution < -0.4 is 16.4 Å². The van der Waals surface area contributed by atoms with Gasteiger partial charge in [-0.15, -0.1) is 0 Å². The number of carbonyl (C=O) groups is 3. The zero-order chi connectivity index (χ0) is 47.6. The van der Waals surface area contributed by atoms with Crippen LogP contribution in [0, 0.1) is 46.3 Å². The zero-order valence-corrected chi connectivity index (χ0v) is 43.9. The number of amides is 3. The third-order valence-electron chi connectivity index (χ3n) is 17.4. The monoisotopic (exact) mass is 921 g/mol. The molecular weight excluding hydrogens is 817 g/mol. The summed E-state index contributed by atoms with van der Waals surface area (Å²) in [5.41, 5.74) is 7.86. The van der Waals surface area contributed by atoms with Crippen molar-refractivity contribution in [1.29, 1.82) is 0 Å². The molecule has 8 atom stereocenters. The van der Waals surface area contributed by atoms with E-state index in [0.717, 1.165) is 106 Å². The fraction of sp³-hybridized carbons (Fsp3) is 0.879. The molecule has 0 unspecified atom stereocenters. The maximum atomic E-state index is 13.9. The highest BCUT2D eigenvalue weighted by Crippen LogP contribution is 2.67. The second-order valence-corrected chi connectivity index (χ2v) is 22.9. The molecule has 4 rings (SSSR count). The molecule has 66 heavy (non-hydrogen) atoms. The van der Waals surface area contributed by atoms with Gasteiger partial charge in [-0.3, -0.25) is 14.5 Å². The highest BCUT2D eigenvalue weighted by atomic mass is 16.6. The Morgan fingerprint density at radius 2 is 1.39 bits per heavy atom. The molecule has 8 nitrogen and oxygen atoms in total. The van der Waals surface area contributed by atoms with Crippen molar-refractivity contribution in [2.24, 2.45) is 52.1 Å². The minimum Gasteiger partial charge on any atom is -0.446 e. The van der Waals surface area contributed by atoms with Gasteiger partial charge in [-0.2, -0.15) is 0 Å². The molecule has 0 bridgehead atoms. The molecule has 8 heteroatoms. The Kier molecular flexibility index (Phi) is 26.4. The van der Waals surface area contributed by atoms with Gasteiger partial charge in [0, 0.05) is 32.5 Å².